The molecule has 0 spiro atoms. The van der Waals surface area contributed by atoms with Gasteiger partial charge in [0.05, 0.1) is 6.04 Å². The largest absolute Gasteiger partial charge is 0.522 e. The maximum atomic E-state index is 13.5. The van der Waals surface area contributed by atoms with Crippen LogP contribution in [-0.2, 0) is 25.3 Å². The number of thiazole rings is 1. The second kappa shape index (κ2) is 10.8. The van der Waals surface area contributed by atoms with Crippen LogP contribution in [0.3, 0.4) is 0 Å². The van der Waals surface area contributed by atoms with E-state index in [4.69, 9.17) is 0 Å². The van der Waals surface area contributed by atoms with Crippen LogP contribution in [0.5, 0.6) is 0 Å². The summed E-state index contributed by atoms with van der Waals surface area (Å²) in [6.45, 7) is -0.998. The maximum Gasteiger partial charge on any atom is 0.522 e. The van der Waals surface area contributed by atoms with Gasteiger partial charge >= 0.3 is 12.5 Å². The number of rotatable bonds is 8. The fourth-order valence-electron chi connectivity index (χ4n) is 5.44. The Morgan fingerprint density at radius 2 is 1.92 bits per heavy atom. The van der Waals surface area contributed by atoms with Crippen LogP contribution in [0.2, 0.25) is 0 Å². The van der Waals surface area contributed by atoms with Crippen molar-refractivity contribution in [2.75, 3.05) is 19.7 Å². The molecule has 3 aliphatic rings. The zero-order valence-corrected chi connectivity index (χ0v) is 20.5. The molecule has 5 atom stereocenters. The topological polar surface area (TPSA) is 118 Å². The van der Waals surface area contributed by atoms with Gasteiger partial charge < -0.3 is 15.5 Å². The van der Waals surface area contributed by atoms with Gasteiger partial charge in [-0.1, -0.05) is 6.42 Å². The standard InChI is InChI=1S/C22H24F6N4O5S/c23-21(24,25)20-31-14(9-38-20)19(36)32-7-11-2-1-3-12(11)16(32)18(35)30-13(6-10-4-5-29-17(10)34)15(33)8-37-22(26,27)28/h9-13,16H,1-8H2,(H,29,34)(H,30,35)/t10-,11-,12-,13?,16-/m0/s1. The molecule has 1 aliphatic carbocycles. The zero-order chi connectivity index (χ0) is 27.8. The van der Waals surface area contributed by atoms with E-state index in [1.807, 2.05) is 0 Å². The molecule has 3 heterocycles. The first-order valence-electron chi connectivity index (χ1n) is 11.9. The Morgan fingerprint density at radius 3 is 2.53 bits per heavy atom. The number of ketones is 1. The van der Waals surface area contributed by atoms with Gasteiger partial charge in [0.15, 0.2) is 10.8 Å². The van der Waals surface area contributed by atoms with Crippen molar-refractivity contribution in [3.63, 3.8) is 0 Å². The second-order valence-electron chi connectivity index (χ2n) is 9.57. The molecule has 1 saturated carbocycles. The van der Waals surface area contributed by atoms with Gasteiger partial charge in [0.25, 0.3) is 5.91 Å². The van der Waals surface area contributed by atoms with Crippen molar-refractivity contribution >= 4 is 34.8 Å². The Hall–Kier alpha value is -2.75. The molecule has 0 bridgehead atoms. The number of carbonyl (C=O) groups is 4. The van der Waals surface area contributed by atoms with Crippen molar-refractivity contribution in [3.8, 4) is 0 Å². The van der Waals surface area contributed by atoms with Crippen LogP contribution in [0.1, 0.15) is 47.6 Å². The first-order chi connectivity index (χ1) is 17.7. The lowest BCUT2D eigenvalue weighted by Gasteiger charge is -2.29. The fourth-order valence-corrected chi connectivity index (χ4v) is 6.10. The van der Waals surface area contributed by atoms with E-state index in [2.05, 4.69) is 20.4 Å². The number of carbonyl (C=O) groups excluding carboxylic acids is 4. The van der Waals surface area contributed by atoms with Gasteiger partial charge in [-0.05, 0) is 37.5 Å². The van der Waals surface area contributed by atoms with Crippen molar-refractivity contribution in [2.45, 2.75) is 56.7 Å². The molecule has 0 aromatic carbocycles. The summed E-state index contributed by atoms with van der Waals surface area (Å²) >= 11 is 0.242. The minimum atomic E-state index is -5.09. The fraction of sp³-hybridized carbons (Fsp3) is 0.682. The summed E-state index contributed by atoms with van der Waals surface area (Å²) in [5.41, 5.74) is -0.478. The smallest absolute Gasteiger partial charge is 0.356 e. The normalized spacial score (nSPS) is 26.3. The number of aromatic nitrogens is 1. The lowest BCUT2D eigenvalue weighted by atomic mass is 9.92. The molecular weight excluding hydrogens is 546 g/mol. The second-order valence-corrected chi connectivity index (χ2v) is 10.4. The third kappa shape index (κ3) is 6.27. The van der Waals surface area contributed by atoms with E-state index >= 15 is 0 Å². The van der Waals surface area contributed by atoms with E-state index < -0.39 is 71.4 Å². The molecule has 2 N–H and O–H groups in total. The lowest BCUT2D eigenvalue weighted by Crippen LogP contribution is -2.54. The Morgan fingerprint density at radius 1 is 1.18 bits per heavy atom. The quantitative estimate of drug-likeness (QED) is 0.464. The number of Topliss-reactive ketones (excluding diaryl/α,β-unsaturated/α-hetero) is 1. The van der Waals surface area contributed by atoms with Crippen LogP contribution in [-0.4, -0.2) is 71.5 Å². The van der Waals surface area contributed by atoms with Crippen LogP contribution in [0.4, 0.5) is 26.3 Å². The van der Waals surface area contributed by atoms with Gasteiger partial charge in [0.2, 0.25) is 11.8 Å². The maximum absolute atomic E-state index is 13.5. The molecule has 1 aromatic rings. The third-order valence-corrected chi connectivity index (χ3v) is 8.04. The number of ether oxygens (including phenoxy) is 1. The summed E-state index contributed by atoms with van der Waals surface area (Å²) in [6, 6.07) is -2.67. The Labute approximate surface area is 216 Å². The van der Waals surface area contributed by atoms with Crippen molar-refractivity contribution in [1.82, 2.24) is 20.5 Å². The summed E-state index contributed by atoms with van der Waals surface area (Å²) < 4.78 is 80.2. The Kier molecular flexibility index (Phi) is 8.02. The number of alkyl halides is 6. The van der Waals surface area contributed by atoms with Gasteiger partial charge in [-0.25, -0.2) is 4.98 Å². The summed E-state index contributed by atoms with van der Waals surface area (Å²) in [5.74, 6) is -4.43. The monoisotopic (exact) mass is 570 g/mol. The van der Waals surface area contributed by atoms with Gasteiger partial charge in [0.1, 0.15) is 18.3 Å². The van der Waals surface area contributed by atoms with E-state index in [1.165, 1.54) is 0 Å². The molecule has 3 amide bonds. The predicted octanol–water partition coefficient (Wildman–Crippen LogP) is 2.52. The Balaban J connectivity index is 1.54. The molecule has 2 saturated heterocycles. The van der Waals surface area contributed by atoms with E-state index in [-0.39, 0.29) is 36.1 Å². The highest BCUT2D eigenvalue weighted by Crippen LogP contribution is 2.43. The average molecular weight is 571 g/mol. The molecule has 2 aliphatic heterocycles. The molecule has 16 heteroatoms. The van der Waals surface area contributed by atoms with E-state index in [1.54, 1.807) is 0 Å². The number of nitrogens with one attached hydrogen (secondary N) is 2. The van der Waals surface area contributed by atoms with Crippen molar-refractivity contribution in [1.29, 1.82) is 0 Å². The summed E-state index contributed by atoms with van der Waals surface area (Å²) in [7, 11) is 0. The SMILES string of the molecule is O=C(COC(F)(F)F)C(C[C@@H]1CCNC1=O)NC(=O)[C@@H]1[C@H]2CCC[C@H]2CN1C(=O)c1csc(C(F)(F)F)n1. The van der Waals surface area contributed by atoms with E-state index in [0.717, 1.165) is 16.7 Å². The molecule has 1 aromatic heterocycles. The highest BCUT2D eigenvalue weighted by atomic mass is 32.1. The number of nitrogens with zero attached hydrogens (tertiary/aromatic N) is 2. The van der Waals surface area contributed by atoms with Crippen LogP contribution >= 0.6 is 11.3 Å². The minimum absolute atomic E-state index is 0.0846. The van der Waals surface area contributed by atoms with Crippen LogP contribution < -0.4 is 10.6 Å². The highest BCUT2D eigenvalue weighted by molar-refractivity contribution is 7.10. The van der Waals surface area contributed by atoms with E-state index in [0.29, 0.717) is 25.8 Å². The van der Waals surface area contributed by atoms with Gasteiger partial charge in [-0.2, -0.15) is 13.2 Å². The number of likely N-dealkylation sites (tertiary alicyclic amines) is 1. The average Bonchev–Trinajstić information content (AvgIpc) is 3.60. The molecule has 0 radical (unpaired) electrons. The van der Waals surface area contributed by atoms with Crippen LogP contribution in [0, 0.1) is 17.8 Å². The van der Waals surface area contributed by atoms with Crippen LogP contribution in [0.25, 0.3) is 0 Å². The molecule has 38 heavy (non-hydrogen) atoms. The Bertz CT molecular complexity index is 1090. The molecule has 4 rings (SSSR count). The summed E-state index contributed by atoms with van der Waals surface area (Å²) in [4.78, 5) is 55.7. The summed E-state index contributed by atoms with van der Waals surface area (Å²) in [5, 5.41) is 4.70. The molecule has 3 fully saturated rings. The third-order valence-electron chi connectivity index (χ3n) is 7.15. The predicted molar refractivity (Wildman–Crippen MR) is 117 cm³/mol. The molecule has 210 valence electrons. The first-order valence-corrected chi connectivity index (χ1v) is 12.8. The highest BCUT2D eigenvalue weighted by Gasteiger charge is 2.51. The van der Waals surface area contributed by atoms with Gasteiger partial charge in [0, 0.05) is 24.4 Å². The molecule has 1 unspecified atom stereocenters. The van der Waals surface area contributed by atoms with Crippen molar-refractivity contribution in [3.05, 3.63) is 16.1 Å². The van der Waals surface area contributed by atoms with Crippen LogP contribution in [0.15, 0.2) is 5.38 Å². The number of halogens is 6. The van der Waals surface area contributed by atoms with Crippen molar-refractivity contribution < 1.29 is 50.3 Å². The molecular formula is C22H24F6N4O5S. The lowest BCUT2D eigenvalue weighted by molar-refractivity contribution is -0.321. The zero-order valence-electron chi connectivity index (χ0n) is 19.7. The number of hydrogen-bond acceptors (Lipinski definition) is 7. The summed E-state index contributed by atoms with van der Waals surface area (Å²) in [6.07, 6.45) is -7.84. The number of hydrogen-bond donors (Lipinski definition) is 2. The minimum Gasteiger partial charge on any atom is -0.356 e. The van der Waals surface area contributed by atoms with E-state index in [9.17, 15) is 45.5 Å². The van der Waals surface area contributed by atoms with Gasteiger partial charge in [-0.15, -0.1) is 24.5 Å². The molecule has 9 nitrogen and oxygen atoms in total. The number of fused-ring (bicyclic) bond motifs is 1. The van der Waals surface area contributed by atoms with Gasteiger partial charge in [-0.3, -0.25) is 23.9 Å². The van der Waals surface area contributed by atoms with Crippen molar-refractivity contribution in [2.24, 2.45) is 17.8 Å². The number of amides is 3. The first kappa shape index (κ1) is 28.3.